The van der Waals surface area contributed by atoms with E-state index < -0.39 is 0 Å². The lowest BCUT2D eigenvalue weighted by molar-refractivity contribution is 0.0997. The summed E-state index contributed by atoms with van der Waals surface area (Å²) in [5.74, 6) is -0.184. The van der Waals surface area contributed by atoms with Crippen LogP contribution in [0.1, 0.15) is 34.6 Å². The van der Waals surface area contributed by atoms with Crippen LogP contribution in [0.25, 0.3) is 11.3 Å². The Hall–Kier alpha value is -1.98. The molecule has 2 aromatic carbocycles. The molecule has 0 fully saturated rings. The molecule has 0 radical (unpaired) electrons. The van der Waals surface area contributed by atoms with Gasteiger partial charge in [0.25, 0.3) is 5.91 Å². The van der Waals surface area contributed by atoms with Gasteiger partial charge in [0.15, 0.2) is 4.80 Å². The molecule has 0 aliphatic heterocycles. The molecule has 0 saturated heterocycles. The zero-order valence-electron chi connectivity index (χ0n) is 15.1. The van der Waals surface area contributed by atoms with Crippen molar-refractivity contribution in [3.63, 3.8) is 0 Å². The van der Waals surface area contributed by atoms with Gasteiger partial charge in [0.05, 0.1) is 5.69 Å². The van der Waals surface area contributed by atoms with Gasteiger partial charge in [-0.15, -0.1) is 11.3 Å². The molecule has 0 aliphatic carbocycles. The first kappa shape index (κ1) is 18.8. The first-order chi connectivity index (χ1) is 12.5. The molecule has 1 amide bonds. The Morgan fingerprint density at radius 3 is 2.42 bits per heavy atom. The highest BCUT2D eigenvalue weighted by molar-refractivity contribution is 9.10. The Morgan fingerprint density at radius 2 is 1.81 bits per heavy atom. The van der Waals surface area contributed by atoms with Crippen molar-refractivity contribution < 1.29 is 4.79 Å². The van der Waals surface area contributed by atoms with Gasteiger partial charge in [-0.25, -0.2) is 0 Å². The SMILES string of the molecule is CCc1sc(=NC(=O)c2ccccc2C)n(CC)c1-c1ccc(Br)cc1. The third-order valence-electron chi connectivity index (χ3n) is 4.31. The number of nitrogens with zero attached hydrogens (tertiary/aromatic N) is 2. The molecule has 3 nitrogen and oxygen atoms in total. The minimum atomic E-state index is -0.184. The maximum Gasteiger partial charge on any atom is 0.279 e. The van der Waals surface area contributed by atoms with Gasteiger partial charge in [-0.3, -0.25) is 4.79 Å². The fourth-order valence-corrected chi connectivity index (χ4v) is 4.37. The van der Waals surface area contributed by atoms with Crippen LogP contribution in [-0.2, 0) is 13.0 Å². The normalized spacial score (nSPS) is 11.8. The molecule has 1 heterocycles. The summed E-state index contributed by atoms with van der Waals surface area (Å²) < 4.78 is 3.19. The molecule has 0 spiro atoms. The number of carbonyl (C=O) groups is 1. The van der Waals surface area contributed by atoms with Crippen molar-refractivity contribution in [2.75, 3.05) is 0 Å². The summed E-state index contributed by atoms with van der Waals surface area (Å²) >= 11 is 5.09. The van der Waals surface area contributed by atoms with Gasteiger partial charge in [0.2, 0.25) is 0 Å². The molecular weight excluding hydrogens is 408 g/mol. The van der Waals surface area contributed by atoms with Crippen molar-refractivity contribution in [3.8, 4) is 11.3 Å². The molecule has 3 rings (SSSR count). The maximum atomic E-state index is 12.7. The minimum absolute atomic E-state index is 0.184. The molecule has 1 aromatic heterocycles. The highest BCUT2D eigenvalue weighted by Crippen LogP contribution is 2.28. The summed E-state index contributed by atoms with van der Waals surface area (Å²) in [6, 6.07) is 15.9. The topological polar surface area (TPSA) is 34.4 Å². The number of amides is 1. The van der Waals surface area contributed by atoms with Gasteiger partial charge < -0.3 is 4.57 Å². The highest BCUT2D eigenvalue weighted by Gasteiger charge is 2.15. The molecule has 0 aliphatic rings. The number of carbonyl (C=O) groups excluding carboxylic acids is 1. The van der Waals surface area contributed by atoms with E-state index in [1.165, 1.54) is 4.88 Å². The molecule has 134 valence electrons. The fourth-order valence-electron chi connectivity index (χ4n) is 2.96. The lowest BCUT2D eigenvalue weighted by Gasteiger charge is -2.08. The molecule has 5 heteroatoms. The zero-order valence-corrected chi connectivity index (χ0v) is 17.5. The number of hydrogen-bond acceptors (Lipinski definition) is 2. The van der Waals surface area contributed by atoms with Crippen molar-refractivity contribution in [2.24, 2.45) is 4.99 Å². The van der Waals surface area contributed by atoms with Crippen molar-refractivity contribution in [2.45, 2.75) is 33.7 Å². The van der Waals surface area contributed by atoms with E-state index in [0.717, 1.165) is 39.1 Å². The standard InChI is InChI=1S/C21H21BrN2OS/c1-4-18-19(15-10-12-16(22)13-11-15)24(5-2)21(26-18)23-20(25)17-9-7-6-8-14(17)3/h6-13H,4-5H2,1-3H3. The van der Waals surface area contributed by atoms with Crippen LogP contribution in [0.4, 0.5) is 0 Å². The summed E-state index contributed by atoms with van der Waals surface area (Å²) in [5.41, 5.74) is 3.91. The van der Waals surface area contributed by atoms with Crippen LogP contribution in [0.2, 0.25) is 0 Å². The molecule has 0 N–H and O–H groups in total. The van der Waals surface area contributed by atoms with Gasteiger partial charge in [-0.05, 0) is 49.6 Å². The molecule has 26 heavy (non-hydrogen) atoms. The number of hydrogen-bond donors (Lipinski definition) is 0. The van der Waals surface area contributed by atoms with E-state index in [-0.39, 0.29) is 5.91 Å². The smallest absolute Gasteiger partial charge is 0.279 e. The van der Waals surface area contributed by atoms with E-state index in [9.17, 15) is 4.79 Å². The van der Waals surface area contributed by atoms with E-state index >= 15 is 0 Å². The second-order valence-corrected chi connectivity index (χ2v) is 7.97. The maximum absolute atomic E-state index is 12.7. The quantitative estimate of drug-likeness (QED) is 0.531. The van der Waals surface area contributed by atoms with Crippen LogP contribution in [0.15, 0.2) is 58.0 Å². The Bertz CT molecular complexity index is 1000. The zero-order chi connectivity index (χ0) is 18.7. The highest BCUT2D eigenvalue weighted by atomic mass is 79.9. The Labute approximate surface area is 166 Å². The second kappa shape index (κ2) is 8.14. The summed E-state index contributed by atoms with van der Waals surface area (Å²) in [4.78, 5) is 19.2. The average Bonchev–Trinajstić information content (AvgIpc) is 3.00. The predicted octanol–water partition coefficient (Wildman–Crippen LogP) is 5.61. The third-order valence-corrected chi connectivity index (χ3v) is 6.06. The van der Waals surface area contributed by atoms with Crippen molar-refractivity contribution in [1.29, 1.82) is 0 Å². The number of benzene rings is 2. The van der Waals surface area contributed by atoms with Crippen molar-refractivity contribution in [3.05, 3.63) is 73.8 Å². The van der Waals surface area contributed by atoms with Gasteiger partial charge >= 0.3 is 0 Å². The number of rotatable bonds is 4. The van der Waals surface area contributed by atoms with Crippen LogP contribution >= 0.6 is 27.3 Å². The van der Waals surface area contributed by atoms with Crippen LogP contribution in [-0.4, -0.2) is 10.5 Å². The third kappa shape index (κ3) is 3.74. The van der Waals surface area contributed by atoms with Gasteiger partial charge in [-0.1, -0.05) is 53.2 Å². The average molecular weight is 429 g/mol. The first-order valence-corrected chi connectivity index (χ1v) is 10.3. The van der Waals surface area contributed by atoms with Crippen LogP contribution < -0.4 is 4.80 Å². The monoisotopic (exact) mass is 428 g/mol. The van der Waals surface area contributed by atoms with Crippen LogP contribution in [0.5, 0.6) is 0 Å². The second-order valence-electron chi connectivity index (χ2n) is 5.99. The van der Waals surface area contributed by atoms with E-state index in [4.69, 9.17) is 0 Å². The first-order valence-electron chi connectivity index (χ1n) is 8.68. The van der Waals surface area contributed by atoms with E-state index in [0.29, 0.717) is 5.56 Å². The van der Waals surface area contributed by atoms with Crippen LogP contribution in [0.3, 0.4) is 0 Å². The summed E-state index contributed by atoms with van der Waals surface area (Å²) in [6.07, 6.45) is 0.907. The van der Waals surface area contributed by atoms with Crippen molar-refractivity contribution >= 4 is 33.2 Å². The number of thiazole rings is 1. The minimum Gasteiger partial charge on any atom is -0.316 e. The van der Waals surface area contributed by atoms with Crippen LogP contribution in [0, 0.1) is 6.92 Å². The molecular formula is C21H21BrN2OS. The van der Waals surface area contributed by atoms with Crippen molar-refractivity contribution in [1.82, 2.24) is 4.57 Å². The molecule has 0 atom stereocenters. The predicted molar refractivity (Wildman–Crippen MR) is 112 cm³/mol. The van der Waals surface area contributed by atoms with E-state index in [2.05, 4.69) is 51.5 Å². The Kier molecular flexibility index (Phi) is 5.89. The summed E-state index contributed by atoms with van der Waals surface area (Å²) in [7, 11) is 0. The number of aromatic nitrogens is 1. The molecule has 0 unspecified atom stereocenters. The summed E-state index contributed by atoms with van der Waals surface area (Å²) in [5, 5.41) is 0. The summed E-state index contributed by atoms with van der Waals surface area (Å²) in [6.45, 7) is 6.93. The van der Waals surface area contributed by atoms with E-state index in [1.807, 2.05) is 43.3 Å². The van der Waals surface area contributed by atoms with Gasteiger partial charge in [0, 0.05) is 21.5 Å². The molecule has 3 aromatic rings. The Balaban J connectivity index is 2.15. The molecule has 0 bridgehead atoms. The lowest BCUT2D eigenvalue weighted by atomic mass is 10.1. The largest absolute Gasteiger partial charge is 0.316 e. The van der Waals surface area contributed by atoms with Gasteiger partial charge in [0.1, 0.15) is 0 Å². The van der Waals surface area contributed by atoms with E-state index in [1.54, 1.807) is 11.3 Å². The number of halogens is 1. The molecule has 0 saturated carbocycles. The lowest BCUT2D eigenvalue weighted by Crippen LogP contribution is -2.17. The Morgan fingerprint density at radius 1 is 1.12 bits per heavy atom. The number of aryl methyl sites for hydroxylation is 2. The fraction of sp³-hybridized carbons (Fsp3) is 0.238. The van der Waals surface area contributed by atoms with Gasteiger partial charge in [-0.2, -0.15) is 4.99 Å².